The fourth-order valence-electron chi connectivity index (χ4n) is 4.03. The molecule has 0 aliphatic carbocycles. The minimum absolute atomic E-state index is 0.300. The van der Waals surface area contributed by atoms with Crippen molar-refractivity contribution in [2.24, 2.45) is 5.92 Å². The van der Waals surface area contributed by atoms with E-state index in [2.05, 4.69) is 68.0 Å². The second-order valence-corrected chi connectivity index (χ2v) is 8.40. The number of aryl methyl sites for hydroxylation is 1. The number of fused-ring (bicyclic) bond motifs is 1. The van der Waals surface area contributed by atoms with E-state index in [4.69, 9.17) is 0 Å². The number of rotatable bonds is 5. The van der Waals surface area contributed by atoms with Crippen LogP contribution in [-0.2, 0) is 17.8 Å². The van der Waals surface area contributed by atoms with Crippen LogP contribution < -0.4 is 0 Å². The molecule has 0 saturated carbocycles. The Morgan fingerprint density at radius 1 is 1.04 bits per heavy atom. The molecule has 2 heterocycles. The summed E-state index contributed by atoms with van der Waals surface area (Å²) in [5.74, 6) is 0.941. The van der Waals surface area contributed by atoms with Crippen molar-refractivity contribution >= 4 is 32.7 Å². The zero-order valence-corrected chi connectivity index (χ0v) is 17.1. The number of nitrogens with zero attached hydrogens (tertiary/aromatic N) is 2. The maximum Gasteiger partial charge on any atom is 0.222 e. The van der Waals surface area contributed by atoms with Crippen molar-refractivity contribution in [3.63, 3.8) is 0 Å². The average Bonchev–Trinajstić information content (AvgIpc) is 3.09. The molecule has 1 saturated heterocycles. The second kappa shape index (κ2) is 8.30. The van der Waals surface area contributed by atoms with Gasteiger partial charge < -0.3 is 9.47 Å². The number of carbonyl (C=O) groups is 1. The van der Waals surface area contributed by atoms with E-state index in [9.17, 15) is 4.79 Å². The number of aromatic nitrogens is 1. The highest BCUT2D eigenvalue weighted by molar-refractivity contribution is 9.10. The van der Waals surface area contributed by atoms with Crippen LogP contribution in [-0.4, -0.2) is 28.5 Å². The molecule has 140 valence electrons. The predicted octanol–water partition coefficient (Wildman–Crippen LogP) is 5.28. The van der Waals surface area contributed by atoms with E-state index < -0.39 is 0 Å². The van der Waals surface area contributed by atoms with Gasteiger partial charge in [-0.2, -0.15) is 0 Å². The fourth-order valence-corrected chi connectivity index (χ4v) is 4.41. The first-order chi connectivity index (χ1) is 13.2. The lowest BCUT2D eigenvalue weighted by Crippen LogP contribution is -2.39. The second-order valence-electron chi connectivity index (χ2n) is 7.48. The third-order valence-electron chi connectivity index (χ3n) is 5.63. The van der Waals surface area contributed by atoms with Crippen LogP contribution >= 0.6 is 15.9 Å². The van der Waals surface area contributed by atoms with Crippen molar-refractivity contribution in [1.29, 1.82) is 0 Å². The summed E-state index contributed by atoms with van der Waals surface area (Å²) in [6.07, 6.45) is 5.82. The van der Waals surface area contributed by atoms with Gasteiger partial charge in [0.05, 0.1) is 0 Å². The van der Waals surface area contributed by atoms with Crippen molar-refractivity contribution in [1.82, 2.24) is 9.47 Å². The van der Waals surface area contributed by atoms with Crippen molar-refractivity contribution in [3.8, 4) is 0 Å². The molecule has 0 unspecified atom stereocenters. The molecule has 1 aliphatic heterocycles. The fraction of sp³-hybridized carbons (Fsp3) is 0.348. The molecule has 3 aromatic rings. The molecular weight excluding hydrogens is 400 g/mol. The molecule has 0 N–H and O–H groups in total. The van der Waals surface area contributed by atoms with E-state index in [-0.39, 0.29) is 0 Å². The number of amides is 1. The molecular formula is C23H25BrN2O. The van der Waals surface area contributed by atoms with Crippen LogP contribution in [0, 0.1) is 5.92 Å². The van der Waals surface area contributed by atoms with Crippen molar-refractivity contribution in [2.45, 2.75) is 32.2 Å². The van der Waals surface area contributed by atoms with Crippen molar-refractivity contribution in [3.05, 3.63) is 70.8 Å². The summed E-state index contributed by atoms with van der Waals surface area (Å²) in [5.41, 5.74) is 2.53. The van der Waals surface area contributed by atoms with Gasteiger partial charge in [-0.05, 0) is 55.0 Å². The number of hydrogen-bond donors (Lipinski definition) is 0. The first-order valence-corrected chi connectivity index (χ1v) is 10.5. The summed E-state index contributed by atoms with van der Waals surface area (Å²) in [7, 11) is 0. The van der Waals surface area contributed by atoms with E-state index in [0.717, 1.165) is 43.4 Å². The van der Waals surface area contributed by atoms with Crippen LogP contribution in [0.3, 0.4) is 0 Å². The summed E-state index contributed by atoms with van der Waals surface area (Å²) in [5, 5.41) is 1.28. The van der Waals surface area contributed by atoms with Crippen LogP contribution in [0.4, 0.5) is 0 Å². The van der Waals surface area contributed by atoms with Crippen molar-refractivity contribution in [2.75, 3.05) is 13.1 Å². The van der Waals surface area contributed by atoms with Gasteiger partial charge in [0.1, 0.15) is 0 Å². The van der Waals surface area contributed by atoms with Crippen LogP contribution in [0.15, 0.2) is 65.3 Å². The Morgan fingerprint density at radius 2 is 1.81 bits per heavy atom. The van der Waals surface area contributed by atoms with Gasteiger partial charge in [-0.25, -0.2) is 0 Å². The smallest absolute Gasteiger partial charge is 0.222 e. The zero-order valence-electron chi connectivity index (χ0n) is 15.5. The van der Waals surface area contributed by atoms with Gasteiger partial charge in [-0.15, -0.1) is 0 Å². The van der Waals surface area contributed by atoms with E-state index >= 15 is 0 Å². The first kappa shape index (κ1) is 18.3. The number of benzene rings is 2. The Kier molecular flexibility index (Phi) is 5.63. The highest BCUT2D eigenvalue weighted by Crippen LogP contribution is 2.25. The molecule has 4 rings (SSSR count). The predicted molar refractivity (Wildman–Crippen MR) is 114 cm³/mol. The molecule has 0 spiro atoms. The molecule has 1 amide bonds. The van der Waals surface area contributed by atoms with E-state index in [1.807, 2.05) is 18.2 Å². The number of piperidine rings is 1. The molecule has 0 bridgehead atoms. The number of likely N-dealkylation sites (tertiary alicyclic amines) is 1. The minimum atomic E-state index is 0.300. The molecule has 0 atom stereocenters. The highest BCUT2D eigenvalue weighted by atomic mass is 79.9. The number of hydrogen-bond acceptors (Lipinski definition) is 1. The molecule has 27 heavy (non-hydrogen) atoms. The monoisotopic (exact) mass is 424 g/mol. The Balaban J connectivity index is 1.29. The Hall–Kier alpha value is -2.07. The maximum absolute atomic E-state index is 12.5. The normalized spacial score (nSPS) is 15.4. The summed E-state index contributed by atoms with van der Waals surface area (Å²) < 4.78 is 3.48. The summed E-state index contributed by atoms with van der Waals surface area (Å²) >= 11 is 3.54. The SMILES string of the molecule is O=C(CCc1ccccc1)N1CCC(Cn2ccc3cc(Br)ccc32)CC1. The van der Waals surface area contributed by atoms with Gasteiger partial charge in [-0.1, -0.05) is 46.3 Å². The van der Waals surface area contributed by atoms with Gasteiger partial charge in [0.15, 0.2) is 0 Å². The lowest BCUT2D eigenvalue weighted by molar-refractivity contribution is -0.132. The van der Waals surface area contributed by atoms with Crippen LogP contribution in [0.25, 0.3) is 10.9 Å². The largest absolute Gasteiger partial charge is 0.347 e. The Morgan fingerprint density at radius 3 is 2.59 bits per heavy atom. The quantitative estimate of drug-likeness (QED) is 0.547. The average molecular weight is 425 g/mol. The number of carbonyl (C=O) groups excluding carboxylic acids is 1. The van der Waals surface area contributed by atoms with E-state index in [1.54, 1.807) is 0 Å². The van der Waals surface area contributed by atoms with Crippen LogP contribution in [0.2, 0.25) is 0 Å². The Labute approximate surface area is 169 Å². The molecule has 1 aromatic heterocycles. The van der Waals surface area contributed by atoms with Crippen molar-refractivity contribution < 1.29 is 4.79 Å². The number of halogens is 1. The summed E-state index contributed by atoms with van der Waals surface area (Å²) in [4.78, 5) is 14.6. The molecule has 0 radical (unpaired) electrons. The zero-order chi connectivity index (χ0) is 18.6. The molecule has 3 nitrogen and oxygen atoms in total. The van der Waals surface area contributed by atoms with Gasteiger partial charge in [0.25, 0.3) is 0 Å². The minimum Gasteiger partial charge on any atom is -0.347 e. The standard InChI is InChI=1S/C23H25BrN2O/c24-21-7-8-22-20(16-21)12-15-26(22)17-19-10-13-25(14-11-19)23(27)9-6-18-4-2-1-3-5-18/h1-5,7-8,12,15-16,19H,6,9-11,13-14,17H2. The third-order valence-corrected chi connectivity index (χ3v) is 6.12. The van der Waals surface area contributed by atoms with E-state index in [0.29, 0.717) is 18.2 Å². The van der Waals surface area contributed by atoms with Crippen LogP contribution in [0.1, 0.15) is 24.8 Å². The lowest BCUT2D eigenvalue weighted by atomic mass is 9.96. The summed E-state index contributed by atoms with van der Waals surface area (Å²) in [6.45, 7) is 2.82. The highest BCUT2D eigenvalue weighted by Gasteiger charge is 2.23. The third kappa shape index (κ3) is 4.44. The van der Waals surface area contributed by atoms with Crippen LogP contribution in [0.5, 0.6) is 0 Å². The topological polar surface area (TPSA) is 25.2 Å². The Bertz CT molecular complexity index is 911. The maximum atomic E-state index is 12.5. The van der Waals surface area contributed by atoms with Gasteiger partial charge >= 0.3 is 0 Å². The van der Waals surface area contributed by atoms with E-state index in [1.165, 1.54) is 16.5 Å². The lowest BCUT2D eigenvalue weighted by Gasteiger charge is -2.32. The molecule has 4 heteroatoms. The molecule has 1 fully saturated rings. The first-order valence-electron chi connectivity index (χ1n) is 9.75. The van der Waals surface area contributed by atoms with Gasteiger partial charge in [0, 0.05) is 47.6 Å². The van der Waals surface area contributed by atoms with Gasteiger partial charge in [0.2, 0.25) is 5.91 Å². The molecule has 2 aromatic carbocycles. The van der Waals surface area contributed by atoms with Gasteiger partial charge in [-0.3, -0.25) is 4.79 Å². The molecule has 1 aliphatic rings. The summed E-state index contributed by atoms with van der Waals surface area (Å²) in [6, 6.07) is 18.9.